The van der Waals surface area contributed by atoms with E-state index in [0.29, 0.717) is 0 Å². The van der Waals surface area contributed by atoms with E-state index in [2.05, 4.69) is 0 Å². The van der Waals surface area contributed by atoms with E-state index in [4.69, 9.17) is 36.7 Å². The first-order valence-corrected chi connectivity index (χ1v) is 8.78. The van der Waals surface area contributed by atoms with Crippen molar-refractivity contribution in [2.24, 2.45) is 0 Å². The maximum absolute atomic E-state index is 5.38. The Hall–Kier alpha value is -2.11. The molecule has 2 nitrogen and oxygen atoms in total. The molecule has 0 atom stereocenters. The van der Waals surface area contributed by atoms with Gasteiger partial charge in [0.1, 0.15) is 0 Å². The molecule has 4 aromatic carbocycles. The Balaban J connectivity index is 0.000000337. The number of nitrogen functional groups attached to an aromatic ring is 2. The first-order chi connectivity index (χ1) is 12.6. The summed E-state index contributed by atoms with van der Waals surface area (Å²) in [6.07, 6.45) is 0. The fourth-order valence-corrected chi connectivity index (χ4v) is 1.85. The minimum Gasteiger partial charge on any atom is -0.780 e. The molecule has 0 spiro atoms. The average molecular weight is 426 g/mol. The van der Waals surface area contributed by atoms with Gasteiger partial charge < -0.3 is 36.7 Å². The molecule has 0 radical (unpaired) electrons. The van der Waals surface area contributed by atoms with Crippen LogP contribution in [0.1, 0.15) is 0 Å². The molecule has 0 unspecified atom stereocenters. The van der Waals surface area contributed by atoms with Gasteiger partial charge in [0.2, 0.25) is 0 Å². The van der Waals surface area contributed by atoms with Crippen LogP contribution in [0.25, 0.3) is 0 Å². The quantitative estimate of drug-likeness (QED) is 0.177. The molecule has 0 aromatic heterocycles. The van der Waals surface area contributed by atoms with Gasteiger partial charge in [-0.15, -0.1) is 0 Å². The van der Waals surface area contributed by atoms with Crippen LogP contribution in [0.2, 0.25) is 0 Å². The average Bonchev–Trinajstić information content (AvgIpc) is 3.39. The first-order valence-electron chi connectivity index (χ1n) is 7.96. The van der Waals surface area contributed by atoms with Gasteiger partial charge in [-0.3, -0.25) is 0 Å². The summed E-state index contributed by atoms with van der Waals surface area (Å²) in [4.78, 5) is 1.67. The normalized spacial score (nSPS) is 8.30. The third-order valence-electron chi connectivity index (χ3n) is 2.87. The predicted molar refractivity (Wildman–Crippen MR) is 117 cm³/mol. The van der Waals surface area contributed by atoms with E-state index >= 15 is 0 Å². The number of rotatable bonds is 0. The maximum atomic E-state index is 5.38. The molecule has 0 amide bonds. The number of hydrogen-bond donors (Lipinski definition) is 2. The zero-order valence-corrected chi connectivity index (χ0v) is 18.1. The van der Waals surface area contributed by atoms with Gasteiger partial charge in [0.15, 0.2) is 0 Å². The summed E-state index contributed by atoms with van der Waals surface area (Å²) in [7, 11) is 0. The fraction of sp³-hybridized carbons (Fsp3) is 0. The van der Waals surface area contributed by atoms with E-state index in [9.17, 15) is 0 Å². The molecule has 5 heteroatoms. The van der Waals surface area contributed by atoms with Gasteiger partial charge in [0.25, 0.3) is 0 Å². The van der Waals surface area contributed by atoms with Gasteiger partial charge in [0.05, 0.1) is 0 Å². The molecule has 0 bridgehead atoms. The first kappa shape index (κ1) is 24.9. The maximum Gasteiger partial charge on any atom is 4.00 e. The van der Waals surface area contributed by atoms with Crippen molar-refractivity contribution in [1.29, 1.82) is 0 Å². The van der Waals surface area contributed by atoms with Crippen LogP contribution in [0, 0.1) is 0 Å². The summed E-state index contributed by atoms with van der Waals surface area (Å²) in [6, 6.07) is 34.4. The van der Waals surface area contributed by atoms with Gasteiger partial charge in [-0.25, -0.2) is 24.3 Å². The molecule has 136 valence electrons. The van der Waals surface area contributed by atoms with Crippen molar-refractivity contribution in [2.45, 2.75) is 9.79 Å². The molecule has 0 saturated carbocycles. The molecular formula is C22H22N2S2Ti. The van der Waals surface area contributed by atoms with Crippen molar-refractivity contribution in [3.8, 4) is 0 Å². The Morgan fingerprint density at radius 3 is 0.926 bits per heavy atom. The molecule has 27 heavy (non-hydrogen) atoms. The largest absolute Gasteiger partial charge is 4.00 e. The van der Waals surface area contributed by atoms with Crippen LogP contribution in [-0.2, 0) is 47.0 Å². The summed E-state index contributed by atoms with van der Waals surface area (Å²) >= 11 is 9.63. The van der Waals surface area contributed by atoms with Gasteiger partial charge in [-0.1, -0.05) is 24.3 Å². The van der Waals surface area contributed by atoms with Crippen molar-refractivity contribution in [2.75, 3.05) is 11.5 Å². The topological polar surface area (TPSA) is 52.0 Å². The Labute approximate surface area is 188 Å². The minimum absolute atomic E-state index is 0. The second-order valence-corrected chi connectivity index (χ2v) is 6.01. The van der Waals surface area contributed by atoms with E-state index in [-0.39, 0.29) is 21.7 Å². The van der Waals surface area contributed by atoms with Crippen molar-refractivity contribution in [3.05, 3.63) is 109 Å². The van der Waals surface area contributed by atoms with E-state index in [0.717, 1.165) is 21.2 Å². The van der Waals surface area contributed by atoms with E-state index in [1.807, 2.05) is 84.9 Å². The van der Waals surface area contributed by atoms with Crippen molar-refractivity contribution in [1.82, 2.24) is 0 Å². The summed E-state index contributed by atoms with van der Waals surface area (Å²) in [5, 5.41) is 0. The molecule has 0 aliphatic carbocycles. The molecule has 0 saturated heterocycles. The molecule has 0 aliphatic rings. The smallest absolute Gasteiger partial charge is 0.780 e. The number of nitrogens with two attached hydrogens (primary N) is 2. The number of benzene rings is 2. The monoisotopic (exact) mass is 426 g/mol. The molecule has 0 heterocycles. The zero-order chi connectivity index (χ0) is 19.0. The van der Waals surface area contributed by atoms with Gasteiger partial charge in [-0.05, 0) is 24.3 Å². The van der Waals surface area contributed by atoms with Crippen LogP contribution in [0.15, 0.2) is 119 Å². The second-order valence-electron chi connectivity index (χ2n) is 5.06. The molecule has 4 aromatic rings. The van der Waals surface area contributed by atoms with Gasteiger partial charge >= 0.3 is 21.7 Å². The Kier molecular flexibility index (Phi) is 14.8. The third-order valence-corrected chi connectivity index (χ3v) is 3.42. The SMILES string of the molecule is Nc1ccc([S-])cc1.Nc1ccc([S-])cc1.[Ti+4].c1cc[cH-]c1.c1cc[cH-]c1. The van der Waals surface area contributed by atoms with Crippen LogP contribution < -0.4 is 11.5 Å². The van der Waals surface area contributed by atoms with E-state index in [1.165, 1.54) is 0 Å². The van der Waals surface area contributed by atoms with Crippen molar-refractivity contribution in [3.63, 3.8) is 0 Å². The second kappa shape index (κ2) is 16.1. The Bertz CT molecular complexity index is 620. The predicted octanol–water partition coefficient (Wildman–Crippen LogP) is 5.16. The van der Waals surface area contributed by atoms with Crippen LogP contribution >= 0.6 is 0 Å². The summed E-state index contributed by atoms with van der Waals surface area (Å²) in [5.41, 5.74) is 12.3. The number of anilines is 2. The van der Waals surface area contributed by atoms with E-state index in [1.54, 1.807) is 24.3 Å². The van der Waals surface area contributed by atoms with E-state index < -0.39 is 0 Å². The van der Waals surface area contributed by atoms with Crippen molar-refractivity contribution < 1.29 is 21.7 Å². The summed E-state index contributed by atoms with van der Waals surface area (Å²) in [5.74, 6) is 0. The molecule has 4 N–H and O–H groups in total. The van der Waals surface area contributed by atoms with Crippen LogP contribution in [0.4, 0.5) is 11.4 Å². The Morgan fingerprint density at radius 1 is 0.519 bits per heavy atom. The molecule has 4 rings (SSSR count). The van der Waals surface area contributed by atoms with Crippen LogP contribution in [-0.4, -0.2) is 0 Å². The standard InChI is InChI=1S/2C6H7NS.2C5H5.Ti/c2*7-5-1-3-6(8)4-2-5;2*1-2-4-5-3-1;/h2*1-4,8H,7H2;2*1-5H;/q;;2*-1;+4/p-2. The van der Waals surface area contributed by atoms with Gasteiger partial charge in [0, 0.05) is 11.4 Å². The van der Waals surface area contributed by atoms with Gasteiger partial charge in [-0.2, -0.15) is 46.2 Å². The van der Waals surface area contributed by atoms with Crippen LogP contribution in [0.3, 0.4) is 0 Å². The number of hydrogen-bond acceptors (Lipinski definition) is 4. The van der Waals surface area contributed by atoms with Crippen LogP contribution in [0.5, 0.6) is 0 Å². The van der Waals surface area contributed by atoms with Crippen molar-refractivity contribution >= 4 is 36.6 Å². The third kappa shape index (κ3) is 14.7. The molecular weight excluding hydrogens is 404 g/mol. The summed E-state index contributed by atoms with van der Waals surface area (Å²) in [6.45, 7) is 0. The summed E-state index contributed by atoms with van der Waals surface area (Å²) < 4.78 is 0. The molecule has 0 aliphatic heterocycles. The Morgan fingerprint density at radius 2 is 0.778 bits per heavy atom. The molecule has 0 fully saturated rings. The zero-order valence-electron chi connectivity index (χ0n) is 14.9. The minimum atomic E-state index is 0. The fourth-order valence-electron chi connectivity index (χ4n) is 1.58.